The number of carbonyl (C=O) groups excluding carboxylic acids is 1. The lowest BCUT2D eigenvalue weighted by Crippen LogP contribution is -2.60. The van der Waals surface area contributed by atoms with Gasteiger partial charge in [0.25, 0.3) is 0 Å². The number of rotatable bonds is 5. The SMILES string of the molecule is CCCCCC(=O)N[C@H]1C[C@@H](O)[C@H](O)[C@@H](O)[C@H]1O. The van der Waals surface area contributed by atoms with Crippen molar-refractivity contribution in [2.75, 3.05) is 0 Å². The van der Waals surface area contributed by atoms with Crippen LogP contribution in [0.25, 0.3) is 0 Å². The van der Waals surface area contributed by atoms with E-state index >= 15 is 0 Å². The number of hydrogen-bond acceptors (Lipinski definition) is 5. The molecule has 0 aliphatic heterocycles. The van der Waals surface area contributed by atoms with Crippen molar-refractivity contribution in [3.63, 3.8) is 0 Å². The molecule has 1 saturated carbocycles. The van der Waals surface area contributed by atoms with Gasteiger partial charge in [0, 0.05) is 6.42 Å². The van der Waals surface area contributed by atoms with Crippen molar-refractivity contribution in [1.82, 2.24) is 5.32 Å². The van der Waals surface area contributed by atoms with Gasteiger partial charge in [0.05, 0.1) is 12.1 Å². The average molecular weight is 261 g/mol. The number of aliphatic hydroxyl groups is 4. The molecule has 0 radical (unpaired) electrons. The number of amides is 1. The number of unbranched alkanes of at least 4 members (excludes halogenated alkanes) is 2. The fourth-order valence-electron chi connectivity index (χ4n) is 2.17. The normalized spacial score (nSPS) is 36.4. The maximum Gasteiger partial charge on any atom is 0.220 e. The lowest BCUT2D eigenvalue weighted by Gasteiger charge is -2.38. The van der Waals surface area contributed by atoms with Crippen LogP contribution in [0.5, 0.6) is 0 Å². The summed E-state index contributed by atoms with van der Waals surface area (Å²) in [7, 11) is 0. The van der Waals surface area contributed by atoms with Gasteiger partial charge < -0.3 is 25.7 Å². The summed E-state index contributed by atoms with van der Waals surface area (Å²) in [4.78, 5) is 11.6. The second kappa shape index (κ2) is 7.04. The highest BCUT2D eigenvalue weighted by molar-refractivity contribution is 5.76. The van der Waals surface area contributed by atoms with Gasteiger partial charge in [-0.05, 0) is 12.8 Å². The topological polar surface area (TPSA) is 110 Å². The van der Waals surface area contributed by atoms with Crippen molar-refractivity contribution in [2.45, 2.75) is 69.5 Å². The van der Waals surface area contributed by atoms with E-state index in [0.29, 0.717) is 6.42 Å². The predicted molar refractivity (Wildman–Crippen MR) is 64.7 cm³/mol. The van der Waals surface area contributed by atoms with E-state index in [1.54, 1.807) is 0 Å². The molecule has 0 heterocycles. The van der Waals surface area contributed by atoms with Gasteiger partial charge in [-0.15, -0.1) is 0 Å². The zero-order valence-corrected chi connectivity index (χ0v) is 10.6. The standard InChI is InChI=1S/C12H23NO5/c1-2-3-4-5-9(15)13-7-6-8(14)11(17)12(18)10(7)16/h7-8,10-12,14,16-18H,2-6H2,1H3,(H,13,15)/t7-,8+,10-,11-,12-/m0/s1. The van der Waals surface area contributed by atoms with Gasteiger partial charge in [-0.3, -0.25) is 4.79 Å². The Morgan fingerprint density at radius 1 is 1.11 bits per heavy atom. The molecule has 1 aliphatic carbocycles. The van der Waals surface area contributed by atoms with Crippen molar-refractivity contribution in [3.8, 4) is 0 Å². The molecule has 0 unspecified atom stereocenters. The Morgan fingerprint density at radius 3 is 2.39 bits per heavy atom. The van der Waals surface area contributed by atoms with Crippen molar-refractivity contribution in [3.05, 3.63) is 0 Å². The lowest BCUT2D eigenvalue weighted by atomic mass is 9.85. The molecule has 5 atom stereocenters. The van der Waals surface area contributed by atoms with Gasteiger partial charge >= 0.3 is 0 Å². The molecule has 0 aromatic carbocycles. The summed E-state index contributed by atoms with van der Waals surface area (Å²) in [6.45, 7) is 2.04. The highest BCUT2D eigenvalue weighted by atomic mass is 16.4. The average Bonchev–Trinajstić information content (AvgIpc) is 2.33. The quantitative estimate of drug-likeness (QED) is 0.403. The largest absolute Gasteiger partial charge is 0.390 e. The highest BCUT2D eigenvalue weighted by Crippen LogP contribution is 2.20. The highest BCUT2D eigenvalue weighted by Gasteiger charge is 2.42. The Hall–Kier alpha value is -0.690. The number of hydrogen-bond donors (Lipinski definition) is 5. The van der Waals surface area contributed by atoms with Crippen LogP contribution < -0.4 is 5.32 Å². The Bertz CT molecular complexity index is 273. The molecule has 0 aromatic rings. The smallest absolute Gasteiger partial charge is 0.220 e. The molecule has 1 rings (SSSR count). The van der Waals surface area contributed by atoms with Crippen LogP contribution in [-0.4, -0.2) is 56.8 Å². The lowest BCUT2D eigenvalue weighted by molar-refractivity contribution is -0.151. The molecule has 0 bridgehead atoms. The van der Waals surface area contributed by atoms with Crippen LogP contribution >= 0.6 is 0 Å². The van der Waals surface area contributed by atoms with Crippen LogP contribution in [0.1, 0.15) is 39.0 Å². The maximum atomic E-state index is 11.6. The summed E-state index contributed by atoms with van der Waals surface area (Å²) >= 11 is 0. The molecule has 5 N–H and O–H groups in total. The molecule has 18 heavy (non-hydrogen) atoms. The molecule has 0 aromatic heterocycles. The zero-order valence-electron chi connectivity index (χ0n) is 10.6. The minimum atomic E-state index is -1.44. The fourth-order valence-corrected chi connectivity index (χ4v) is 2.17. The number of aliphatic hydroxyl groups excluding tert-OH is 4. The fraction of sp³-hybridized carbons (Fsp3) is 0.917. The Balaban J connectivity index is 2.43. The van der Waals surface area contributed by atoms with Crippen molar-refractivity contribution in [1.29, 1.82) is 0 Å². The van der Waals surface area contributed by atoms with E-state index in [0.717, 1.165) is 19.3 Å². The Kier molecular flexibility index (Phi) is 6.01. The third kappa shape index (κ3) is 3.91. The predicted octanol–water partition coefficient (Wildman–Crippen LogP) is -1.10. The van der Waals surface area contributed by atoms with Crippen LogP contribution in [0.4, 0.5) is 0 Å². The van der Waals surface area contributed by atoms with Gasteiger partial charge in [-0.25, -0.2) is 0 Å². The number of carbonyl (C=O) groups is 1. The first-order chi connectivity index (χ1) is 8.47. The summed E-state index contributed by atoms with van der Waals surface area (Å²) in [6, 6.07) is -0.715. The van der Waals surface area contributed by atoms with E-state index in [-0.39, 0.29) is 12.3 Å². The van der Waals surface area contributed by atoms with Gasteiger partial charge in [0.2, 0.25) is 5.91 Å². The van der Waals surface area contributed by atoms with Gasteiger partial charge in [0.1, 0.15) is 18.3 Å². The van der Waals surface area contributed by atoms with E-state index < -0.39 is 30.5 Å². The van der Waals surface area contributed by atoms with Crippen LogP contribution in [0.15, 0.2) is 0 Å². The van der Waals surface area contributed by atoms with Gasteiger partial charge in [-0.1, -0.05) is 19.8 Å². The summed E-state index contributed by atoms with van der Waals surface area (Å²) in [5.41, 5.74) is 0. The van der Waals surface area contributed by atoms with Crippen molar-refractivity contribution in [2.24, 2.45) is 0 Å². The molecule has 106 valence electrons. The van der Waals surface area contributed by atoms with Gasteiger partial charge in [-0.2, -0.15) is 0 Å². The van der Waals surface area contributed by atoms with Gasteiger partial charge in [0.15, 0.2) is 0 Å². The summed E-state index contributed by atoms with van der Waals surface area (Å²) in [5, 5.41) is 40.7. The molecule has 6 heteroatoms. The molecule has 0 saturated heterocycles. The Labute approximate surface area is 107 Å². The molecule has 1 aliphatic rings. The third-order valence-corrected chi connectivity index (χ3v) is 3.36. The summed E-state index contributed by atoms with van der Waals surface area (Å²) in [6.07, 6.45) is -2.03. The molecular formula is C12H23NO5. The Morgan fingerprint density at radius 2 is 1.78 bits per heavy atom. The maximum absolute atomic E-state index is 11.6. The number of nitrogens with one attached hydrogen (secondary N) is 1. The van der Waals surface area contributed by atoms with Crippen molar-refractivity contribution >= 4 is 5.91 Å². The van der Waals surface area contributed by atoms with Crippen molar-refractivity contribution < 1.29 is 25.2 Å². The minimum absolute atomic E-state index is 0.0406. The van der Waals surface area contributed by atoms with Crippen LogP contribution in [0, 0.1) is 0 Å². The van der Waals surface area contributed by atoms with E-state index in [1.165, 1.54) is 0 Å². The molecule has 1 amide bonds. The van der Waals surface area contributed by atoms with E-state index in [2.05, 4.69) is 5.32 Å². The second-order valence-corrected chi connectivity index (χ2v) is 4.91. The molecule has 1 fully saturated rings. The molecule has 6 nitrogen and oxygen atoms in total. The van der Waals surface area contributed by atoms with Crippen LogP contribution in [-0.2, 0) is 4.79 Å². The van der Waals surface area contributed by atoms with Crippen LogP contribution in [0.3, 0.4) is 0 Å². The molecule has 0 spiro atoms. The minimum Gasteiger partial charge on any atom is -0.390 e. The van der Waals surface area contributed by atoms with E-state index in [9.17, 15) is 25.2 Å². The summed E-state index contributed by atoms with van der Waals surface area (Å²) in [5.74, 6) is -0.205. The zero-order chi connectivity index (χ0) is 13.7. The first-order valence-electron chi connectivity index (χ1n) is 6.49. The summed E-state index contributed by atoms with van der Waals surface area (Å²) < 4.78 is 0. The first-order valence-corrected chi connectivity index (χ1v) is 6.49. The molecular weight excluding hydrogens is 238 g/mol. The monoisotopic (exact) mass is 261 g/mol. The third-order valence-electron chi connectivity index (χ3n) is 3.36. The van der Waals surface area contributed by atoms with E-state index in [4.69, 9.17) is 0 Å². The van der Waals surface area contributed by atoms with E-state index in [1.807, 2.05) is 6.92 Å². The second-order valence-electron chi connectivity index (χ2n) is 4.91. The van der Waals surface area contributed by atoms with Crippen LogP contribution in [0.2, 0.25) is 0 Å². The first kappa shape index (κ1) is 15.4.